The highest BCUT2D eigenvalue weighted by molar-refractivity contribution is 5.80. The Morgan fingerprint density at radius 1 is 1.32 bits per heavy atom. The molecule has 1 aromatic carbocycles. The van der Waals surface area contributed by atoms with Gasteiger partial charge in [0.25, 0.3) is 0 Å². The Labute approximate surface area is 130 Å². The molecule has 1 aliphatic carbocycles. The molecule has 5 nitrogen and oxygen atoms in total. The van der Waals surface area contributed by atoms with Gasteiger partial charge in [-0.1, -0.05) is 12.1 Å². The molecule has 1 saturated heterocycles. The largest absolute Gasteiger partial charge is 0.497 e. The van der Waals surface area contributed by atoms with E-state index in [9.17, 15) is 9.59 Å². The topological polar surface area (TPSA) is 58.6 Å². The number of nitrogens with zero attached hydrogens (tertiary/aromatic N) is 1. The Hall–Kier alpha value is -2.04. The average Bonchev–Trinajstić information content (AvgIpc) is 3.29. The van der Waals surface area contributed by atoms with E-state index >= 15 is 0 Å². The number of ether oxygens (including phenoxy) is 1. The molecule has 1 aliphatic heterocycles. The Morgan fingerprint density at radius 2 is 2.05 bits per heavy atom. The van der Waals surface area contributed by atoms with Gasteiger partial charge in [0.05, 0.1) is 13.5 Å². The van der Waals surface area contributed by atoms with Crippen LogP contribution in [0, 0.1) is 5.92 Å². The van der Waals surface area contributed by atoms with E-state index in [4.69, 9.17) is 4.74 Å². The molecule has 0 bridgehead atoms. The number of methoxy groups -OCH3 is 1. The van der Waals surface area contributed by atoms with Crippen molar-refractivity contribution >= 4 is 11.8 Å². The number of carbonyl (C=O) groups is 2. The standard InChI is InChI=1S/C17H22N2O3/c1-22-15-6-2-12(3-7-15)8-16(20)18-10-13-9-17(21)19(11-13)14-4-5-14/h2-3,6-7,13-14H,4-5,8-11H2,1H3,(H,18,20). The van der Waals surface area contributed by atoms with Crippen molar-refractivity contribution in [2.24, 2.45) is 5.92 Å². The van der Waals surface area contributed by atoms with E-state index in [-0.39, 0.29) is 17.7 Å². The molecular formula is C17H22N2O3. The summed E-state index contributed by atoms with van der Waals surface area (Å²) < 4.78 is 5.10. The van der Waals surface area contributed by atoms with Crippen LogP contribution in [0.15, 0.2) is 24.3 Å². The molecule has 2 fully saturated rings. The molecule has 2 amide bonds. The van der Waals surface area contributed by atoms with Crippen LogP contribution in [0.3, 0.4) is 0 Å². The number of likely N-dealkylation sites (tertiary alicyclic amines) is 1. The maximum atomic E-state index is 12.0. The zero-order valence-corrected chi connectivity index (χ0v) is 12.9. The fraction of sp³-hybridized carbons (Fsp3) is 0.529. The molecule has 1 N–H and O–H groups in total. The summed E-state index contributed by atoms with van der Waals surface area (Å²) in [6, 6.07) is 7.98. The summed E-state index contributed by atoms with van der Waals surface area (Å²) in [7, 11) is 1.62. The van der Waals surface area contributed by atoms with Crippen molar-refractivity contribution in [1.82, 2.24) is 10.2 Å². The van der Waals surface area contributed by atoms with Crippen LogP contribution in [0.1, 0.15) is 24.8 Å². The Bertz CT molecular complexity index is 552. The summed E-state index contributed by atoms with van der Waals surface area (Å²) in [6.07, 6.45) is 3.21. The van der Waals surface area contributed by atoms with Crippen molar-refractivity contribution < 1.29 is 14.3 Å². The lowest BCUT2D eigenvalue weighted by molar-refractivity contribution is -0.128. The number of carbonyl (C=O) groups excluding carboxylic acids is 2. The van der Waals surface area contributed by atoms with Crippen LogP contribution in [-0.2, 0) is 16.0 Å². The van der Waals surface area contributed by atoms with Gasteiger partial charge in [-0.15, -0.1) is 0 Å². The maximum absolute atomic E-state index is 12.0. The van der Waals surface area contributed by atoms with E-state index in [2.05, 4.69) is 5.32 Å². The molecule has 0 spiro atoms. The number of hydrogen-bond donors (Lipinski definition) is 1. The van der Waals surface area contributed by atoms with Crippen molar-refractivity contribution in [3.05, 3.63) is 29.8 Å². The molecule has 118 valence electrons. The second-order valence-corrected chi connectivity index (χ2v) is 6.18. The molecule has 0 aromatic heterocycles. The van der Waals surface area contributed by atoms with Gasteiger partial charge in [0, 0.05) is 31.5 Å². The van der Waals surface area contributed by atoms with Gasteiger partial charge in [0.2, 0.25) is 11.8 Å². The molecule has 5 heteroatoms. The molecule has 1 aromatic rings. The van der Waals surface area contributed by atoms with E-state index in [0.717, 1.165) is 30.7 Å². The quantitative estimate of drug-likeness (QED) is 0.863. The molecule has 1 unspecified atom stereocenters. The molecule has 3 rings (SSSR count). The second kappa shape index (κ2) is 6.38. The molecule has 1 atom stereocenters. The Morgan fingerprint density at radius 3 is 2.68 bits per heavy atom. The SMILES string of the molecule is COc1ccc(CC(=O)NCC2CC(=O)N(C3CC3)C2)cc1. The van der Waals surface area contributed by atoms with Gasteiger partial charge in [-0.2, -0.15) is 0 Å². The van der Waals surface area contributed by atoms with Gasteiger partial charge in [0.1, 0.15) is 5.75 Å². The van der Waals surface area contributed by atoms with E-state index in [1.54, 1.807) is 7.11 Å². The van der Waals surface area contributed by atoms with Gasteiger partial charge in [0.15, 0.2) is 0 Å². The Kier molecular flexibility index (Phi) is 4.32. The minimum atomic E-state index is 0.00230. The number of benzene rings is 1. The van der Waals surface area contributed by atoms with Crippen LogP contribution in [-0.4, -0.2) is 43.0 Å². The number of nitrogens with one attached hydrogen (secondary N) is 1. The molecule has 0 radical (unpaired) electrons. The van der Waals surface area contributed by atoms with Crippen LogP contribution in [0.25, 0.3) is 0 Å². The highest BCUT2D eigenvalue weighted by atomic mass is 16.5. The minimum absolute atomic E-state index is 0.00230. The van der Waals surface area contributed by atoms with Crippen LogP contribution in [0.4, 0.5) is 0 Å². The van der Waals surface area contributed by atoms with E-state index in [1.165, 1.54) is 0 Å². The predicted molar refractivity (Wildman–Crippen MR) is 82.5 cm³/mol. The maximum Gasteiger partial charge on any atom is 0.224 e. The van der Waals surface area contributed by atoms with Crippen molar-refractivity contribution in [3.8, 4) is 5.75 Å². The zero-order valence-electron chi connectivity index (χ0n) is 12.9. The monoisotopic (exact) mass is 302 g/mol. The first kappa shape index (κ1) is 14.9. The number of rotatable bonds is 6. The first-order valence-corrected chi connectivity index (χ1v) is 7.85. The number of hydrogen-bond acceptors (Lipinski definition) is 3. The Balaban J connectivity index is 1.43. The first-order chi connectivity index (χ1) is 10.7. The smallest absolute Gasteiger partial charge is 0.224 e. The fourth-order valence-electron chi connectivity index (χ4n) is 2.93. The van der Waals surface area contributed by atoms with Gasteiger partial charge >= 0.3 is 0 Å². The fourth-order valence-corrected chi connectivity index (χ4v) is 2.93. The lowest BCUT2D eigenvalue weighted by Crippen LogP contribution is -2.32. The summed E-state index contributed by atoms with van der Waals surface area (Å²) >= 11 is 0. The molecule has 22 heavy (non-hydrogen) atoms. The normalized spacial score (nSPS) is 21.0. The molecule has 1 saturated carbocycles. The summed E-state index contributed by atoms with van der Waals surface area (Å²) in [5, 5.41) is 2.95. The minimum Gasteiger partial charge on any atom is -0.497 e. The summed E-state index contributed by atoms with van der Waals surface area (Å²) in [6.45, 7) is 1.39. The van der Waals surface area contributed by atoms with Gasteiger partial charge in [-0.05, 0) is 30.5 Å². The second-order valence-electron chi connectivity index (χ2n) is 6.18. The predicted octanol–water partition coefficient (Wildman–Crippen LogP) is 1.36. The summed E-state index contributed by atoms with van der Waals surface area (Å²) in [5.74, 6) is 1.29. The van der Waals surface area contributed by atoms with Gasteiger partial charge < -0.3 is 15.0 Å². The van der Waals surface area contributed by atoms with Crippen LogP contribution < -0.4 is 10.1 Å². The average molecular weight is 302 g/mol. The highest BCUT2D eigenvalue weighted by Gasteiger charge is 2.39. The molecule has 2 aliphatic rings. The van der Waals surface area contributed by atoms with Crippen LogP contribution in [0.2, 0.25) is 0 Å². The third kappa shape index (κ3) is 3.59. The lowest BCUT2D eigenvalue weighted by Gasteiger charge is -2.15. The van der Waals surface area contributed by atoms with Gasteiger partial charge in [-0.3, -0.25) is 9.59 Å². The van der Waals surface area contributed by atoms with E-state index in [0.29, 0.717) is 25.4 Å². The summed E-state index contributed by atoms with van der Waals surface area (Å²) in [4.78, 5) is 25.8. The molecule has 1 heterocycles. The lowest BCUT2D eigenvalue weighted by atomic mass is 10.1. The zero-order chi connectivity index (χ0) is 15.5. The molecular weight excluding hydrogens is 280 g/mol. The van der Waals surface area contributed by atoms with Crippen molar-refractivity contribution in [2.75, 3.05) is 20.2 Å². The van der Waals surface area contributed by atoms with Crippen molar-refractivity contribution in [1.29, 1.82) is 0 Å². The number of amides is 2. The van der Waals surface area contributed by atoms with Crippen LogP contribution >= 0.6 is 0 Å². The van der Waals surface area contributed by atoms with Crippen molar-refractivity contribution in [3.63, 3.8) is 0 Å². The highest BCUT2D eigenvalue weighted by Crippen LogP contribution is 2.32. The van der Waals surface area contributed by atoms with E-state index in [1.807, 2.05) is 29.2 Å². The third-order valence-corrected chi connectivity index (χ3v) is 4.34. The van der Waals surface area contributed by atoms with Crippen molar-refractivity contribution in [2.45, 2.75) is 31.7 Å². The van der Waals surface area contributed by atoms with Gasteiger partial charge in [-0.25, -0.2) is 0 Å². The van der Waals surface area contributed by atoms with E-state index < -0.39 is 0 Å². The first-order valence-electron chi connectivity index (χ1n) is 7.85. The van der Waals surface area contributed by atoms with Crippen LogP contribution in [0.5, 0.6) is 5.75 Å². The third-order valence-electron chi connectivity index (χ3n) is 4.34. The summed E-state index contributed by atoms with van der Waals surface area (Å²) in [5.41, 5.74) is 0.959.